The lowest BCUT2D eigenvalue weighted by Crippen LogP contribution is -2.35. The lowest BCUT2D eigenvalue weighted by atomic mass is 9.96. The third kappa shape index (κ3) is 4.32. The zero-order valence-electron chi connectivity index (χ0n) is 10.8. The zero-order chi connectivity index (χ0) is 12.8. The summed E-state index contributed by atoms with van der Waals surface area (Å²) in [5, 5.41) is 10.2. The maximum absolute atomic E-state index is 10.2. The first-order valence-corrected chi connectivity index (χ1v) is 6.04. The van der Waals surface area contributed by atoms with Gasteiger partial charge in [-0.1, -0.05) is 13.8 Å². The van der Waals surface area contributed by atoms with Crippen LogP contribution in [0.25, 0.3) is 0 Å². The first kappa shape index (κ1) is 13.9. The van der Waals surface area contributed by atoms with E-state index in [0.717, 1.165) is 5.56 Å². The number of rotatable bonds is 6. The molecule has 1 aromatic heterocycles. The van der Waals surface area contributed by atoms with Crippen molar-refractivity contribution in [2.75, 3.05) is 12.3 Å². The van der Waals surface area contributed by atoms with Gasteiger partial charge in [-0.25, -0.2) is 4.98 Å². The number of ether oxygens (including phenoxy) is 1. The molecule has 0 saturated heterocycles. The summed E-state index contributed by atoms with van der Waals surface area (Å²) in [6, 6.07) is 3.65. The summed E-state index contributed by atoms with van der Waals surface area (Å²) >= 11 is 0. The summed E-state index contributed by atoms with van der Waals surface area (Å²) in [5.74, 6) is 0.761. The van der Waals surface area contributed by atoms with Crippen LogP contribution in [0.15, 0.2) is 18.3 Å². The van der Waals surface area contributed by atoms with Crippen molar-refractivity contribution in [1.29, 1.82) is 0 Å². The Balaban J connectivity index is 2.66. The van der Waals surface area contributed by atoms with Gasteiger partial charge in [-0.3, -0.25) is 0 Å². The van der Waals surface area contributed by atoms with Gasteiger partial charge in [0, 0.05) is 19.2 Å². The summed E-state index contributed by atoms with van der Waals surface area (Å²) in [6.45, 7) is 6.64. The van der Waals surface area contributed by atoms with E-state index in [1.165, 1.54) is 0 Å². The molecule has 3 N–H and O–H groups in total. The summed E-state index contributed by atoms with van der Waals surface area (Å²) < 4.78 is 5.57. The summed E-state index contributed by atoms with van der Waals surface area (Å²) in [4.78, 5) is 3.93. The molecule has 0 aromatic carbocycles. The number of aliphatic hydroxyl groups excluding tert-OH is 1. The van der Waals surface area contributed by atoms with Crippen LogP contribution in [0.5, 0.6) is 0 Å². The van der Waals surface area contributed by atoms with E-state index in [4.69, 9.17) is 10.5 Å². The fourth-order valence-electron chi connectivity index (χ4n) is 1.92. The quantitative estimate of drug-likeness (QED) is 0.790. The van der Waals surface area contributed by atoms with Gasteiger partial charge >= 0.3 is 0 Å². The molecule has 0 fully saturated rings. The Bertz CT molecular complexity index is 342. The van der Waals surface area contributed by atoms with Crippen molar-refractivity contribution >= 4 is 5.82 Å². The third-order valence-electron chi connectivity index (χ3n) is 2.69. The van der Waals surface area contributed by atoms with Crippen LogP contribution in [0, 0.1) is 5.92 Å². The highest BCUT2D eigenvalue weighted by atomic mass is 16.5. The predicted molar refractivity (Wildman–Crippen MR) is 68.6 cm³/mol. The van der Waals surface area contributed by atoms with E-state index >= 15 is 0 Å². The molecule has 0 spiro atoms. The number of aliphatic hydroxyl groups is 1. The standard InChI is InChI=1S/C13H22N2O2/c1-4-17-13(9(2)3)11(16)7-10-5-6-15-12(14)8-10/h5-6,8-9,11,13,16H,4,7H2,1-3H3,(H2,14,15). The molecule has 1 rings (SSSR count). The highest BCUT2D eigenvalue weighted by Gasteiger charge is 2.23. The second-order valence-corrected chi connectivity index (χ2v) is 4.52. The number of nitrogens with zero attached hydrogens (tertiary/aromatic N) is 1. The van der Waals surface area contributed by atoms with E-state index in [9.17, 15) is 5.11 Å². The van der Waals surface area contributed by atoms with Crippen molar-refractivity contribution in [1.82, 2.24) is 4.98 Å². The summed E-state index contributed by atoms with van der Waals surface area (Å²) in [6.07, 6.45) is 1.53. The van der Waals surface area contributed by atoms with Crippen LogP contribution in [0.4, 0.5) is 5.82 Å². The van der Waals surface area contributed by atoms with Gasteiger partial charge in [-0.05, 0) is 30.5 Å². The molecule has 0 radical (unpaired) electrons. The first-order chi connectivity index (χ1) is 8.04. The molecule has 4 nitrogen and oxygen atoms in total. The lowest BCUT2D eigenvalue weighted by Gasteiger charge is -2.26. The number of aromatic nitrogens is 1. The Labute approximate surface area is 103 Å². The van der Waals surface area contributed by atoms with Crippen LogP contribution in [0.1, 0.15) is 26.3 Å². The Morgan fingerprint density at radius 3 is 2.71 bits per heavy atom. The third-order valence-corrected chi connectivity index (χ3v) is 2.69. The second-order valence-electron chi connectivity index (χ2n) is 4.52. The molecular formula is C13H22N2O2. The highest BCUT2D eigenvalue weighted by Crippen LogP contribution is 2.16. The van der Waals surface area contributed by atoms with Gasteiger partial charge in [0.1, 0.15) is 5.82 Å². The average molecular weight is 238 g/mol. The van der Waals surface area contributed by atoms with Crippen molar-refractivity contribution in [3.8, 4) is 0 Å². The van der Waals surface area contributed by atoms with E-state index in [2.05, 4.69) is 4.98 Å². The molecule has 1 aromatic rings. The fraction of sp³-hybridized carbons (Fsp3) is 0.615. The van der Waals surface area contributed by atoms with Crippen LogP contribution in [-0.4, -0.2) is 28.9 Å². The number of nitrogens with two attached hydrogens (primary N) is 1. The number of pyridine rings is 1. The molecule has 0 amide bonds. The SMILES string of the molecule is CCOC(C(C)C)C(O)Cc1ccnc(N)c1. The minimum absolute atomic E-state index is 0.144. The molecule has 2 atom stereocenters. The molecule has 96 valence electrons. The number of hydrogen-bond donors (Lipinski definition) is 2. The number of nitrogen functional groups attached to an aromatic ring is 1. The van der Waals surface area contributed by atoms with Crippen LogP contribution >= 0.6 is 0 Å². The Morgan fingerprint density at radius 2 is 2.18 bits per heavy atom. The van der Waals surface area contributed by atoms with E-state index in [0.29, 0.717) is 18.8 Å². The minimum Gasteiger partial charge on any atom is -0.390 e. The molecular weight excluding hydrogens is 216 g/mol. The largest absolute Gasteiger partial charge is 0.390 e. The van der Waals surface area contributed by atoms with Crippen LogP contribution in [0.2, 0.25) is 0 Å². The molecule has 0 aliphatic heterocycles. The topological polar surface area (TPSA) is 68.4 Å². The van der Waals surface area contributed by atoms with Crippen LogP contribution in [-0.2, 0) is 11.2 Å². The molecule has 17 heavy (non-hydrogen) atoms. The van der Waals surface area contributed by atoms with E-state index in [-0.39, 0.29) is 12.0 Å². The van der Waals surface area contributed by atoms with Gasteiger partial charge < -0.3 is 15.6 Å². The van der Waals surface area contributed by atoms with Crippen molar-refractivity contribution < 1.29 is 9.84 Å². The molecule has 4 heteroatoms. The first-order valence-electron chi connectivity index (χ1n) is 6.04. The van der Waals surface area contributed by atoms with Gasteiger partial charge in [-0.15, -0.1) is 0 Å². The van der Waals surface area contributed by atoms with Crippen molar-refractivity contribution in [2.45, 2.75) is 39.4 Å². The van der Waals surface area contributed by atoms with Gasteiger partial charge in [0.25, 0.3) is 0 Å². The predicted octanol–water partition coefficient (Wildman–Crippen LogP) is 1.63. The molecule has 0 aliphatic carbocycles. The zero-order valence-corrected chi connectivity index (χ0v) is 10.8. The minimum atomic E-state index is -0.517. The monoisotopic (exact) mass is 238 g/mol. The summed E-state index contributed by atoms with van der Waals surface area (Å²) in [5.41, 5.74) is 6.59. The average Bonchev–Trinajstić information content (AvgIpc) is 2.25. The Hall–Kier alpha value is -1.13. The second kappa shape index (κ2) is 6.57. The van der Waals surface area contributed by atoms with Gasteiger partial charge in [0.2, 0.25) is 0 Å². The molecule has 2 unspecified atom stereocenters. The molecule has 0 aliphatic rings. The maximum atomic E-state index is 10.2. The Morgan fingerprint density at radius 1 is 1.47 bits per heavy atom. The highest BCUT2D eigenvalue weighted by molar-refractivity contribution is 5.32. The number of hydrogen-bond acceptors (Lipinski definition) is 4. The molecule has 1 heterocycles. The normalized spacial score (nSPS) is 14.9. The van der Waals surface area contributed by atoms with Crippen LogP contribution < -0.4 is 5.73 Å². The van der Waals surface area contributed by atoms with E-state index < -0.39 is 6.10 Å². The number of anilines is 1. The van der Waals surface area contributed by atoms with Crippen molar-refractivity contribution in [3.05, 3.63) is 23.9 Å². The summed E-state index contributed by atoms with van der Waals surface area (Å²) in [7, 11) is 0. The van der Waals surface area contributed by atoms with E-state index in [1.807, 2.05) is 26.8 Å². The van der Waals surface area contributed by atoms with Crippen molar-refractivity contribution in [2.24, 2.45) is 5.92 Å². The van der Waals surface area contributed by atoms with Gasteiger partial charge in [0.15, 0.2) is 0 Å². The van der Waals surface area contributed by atoms with Gasteiger partial charge in [0.05, 0.1) is 12.2 Å². The Kier molecular flexibility index (Phi) is 5.38. The molecule has 0 saturated carbocycles. The fourth-order valence-corrected chi connectivity index (χ4v) is 1.92. The smallest absolute Gasteiger partial charge is 0.123 e. The van der Waals surface area contributed by atoms with Gasteiger partial charge in [-0.2, -0.15) is 0 Å². The molecule has 0 bridgehead atoms. The van der Waals surface area contributed by atoms with E-state index in [1.54, 1.807) is 12.3 Å². The lowest BCUT2D eigenvalue weighted by molar-refractivity contribution is -0.0562. The van der Waals surface area contributed by atoms with Crippen LogP contribution in [0.3, 0.4) is 0 Å². The van der Waals surface area contributed by atoms with Crippen molar-refractivity contribution in [3.63, 3.8) is 0 Å². The maximum Gasteiger partial charge on any atom is 0.123 e.